The third-order valence-electron chi connectivity index (χ3n) is 4.68. The van der Waals surface area contributed by atoms with E-state index in [2.05, 4.69) is 16.4 Å². The van der Waals surface area contributed by atoms with Crippen LogP contribution in [0.5, 0.6) is 5.75 Å². The first-order valence-corrected chi connectivity index (χ1v) is 8.86. The summed E-state index contributed by atoms with van der Waals surface area (Å²) in [5.74, 6) is 0.545. The monoisotopic (exact) mass is 367 g/mol. The van der Waals surface area contributed by atoms with E-state index in [1.807, 2.05) is 48.7 Å². The van der Waals surface area contributed by atoms with Gasteiger partial charge in [0.05, 0.1) is 13.7 Å². The van der Waals surface area contributed by atoms with Gasteiger partial charge in [-0.05, 0) is 29.3 Å². The summed E-state index contributed by atoms with van der Waals surface area (Å²) in [5, 5.41) is 4.09. The molecule has 0 saturated carbocycles. The van der Waals surface area contributed by atoms with Crippen molar-refractivity contribution in [1.29, 1.82) is 0 Å². The molecule has 6 heteroatoms. The Kier molecular flexibility index (Phi) is 6.11. The van der Waals surface area contributed by atoms with Crippen LogP contribution in [0.1, 0.15) is 17.0 Å². The first-order valence-electron chi connectivity index (χ1n) is 8.86. The van der Waals surface area contributed by atoms with Crippen molar-refractivity contribution < 1.29 is 14.3 Å². The first kappa shape index (κ1) is 18.9. The van der Waals surface area contributed by atoms with Crippen LogP contribution in [0.15, 0.2) is 54.7 Å². The van der Waals surface area contributed by atoms with Crippen LogP contribution >= 0.6 is 0 Å². The zero-order valence-corrected chi connectivity index (χ0v) is 15.6. The standard InChI is InChI=1S/C21H25N3O3/c1-26-13-19(22)21(25)24-11-17(14-7-9-15(27-2)10-8-14)18-12-23-20-6-4-3-5-16(18)20/h3-10,12,17,19,23H,11,13,22H2,1-2H3,(H,24,25). The number of rotatable bonds is 8. The second-order valence-corrected chi connectivity index (χ2v) is 6.42. The molecule has 0 fully saturated rings. The topological polar surface area (TPSA) is 89.4 Å². The van der Waals surface area contributed by atoms with E-state index in [1.54, 1.807) is 7.11 Å². The van der Waals surface area contributed by atoms with Crippen LogP contribution in [0.2, 0.25) is 0 Å². The minimum absolute atomic E-state index is 0.0225. The molecule has 0 aliphatic heterocycles. The number of hydrogen-bond donors (Lipinski definition) is 3. The van der Waals surface area contributed by atoms with Crippen molar-refractivity contribution in [3.63, 3.8) is 0 Å². The number of para-hydroxylation sites is 1. The third-order valence-corrected chi connectivity index (χ3v) is 4.68. The summed E-state index contributed by atoms with van der Waals surface area (Å²) < 4.78 is 10.2. The minimum Gasteiger partial charge on any atom is -0.497 e. The van der Waals surface area contributed by atoms with Gasteiger partial charge in [-0.15, -0.1) is 0 Å². The highest BCUT2D eigenvalue weighted by molar-refractivity contribution is 5.85. The Morgan fingerprint density at radius 2 is 1.89 bits per heavy atom. The summed E-state index contributed by atoms with van der Waals surface area (Å²) in [6, 6.07) is 15.3. The zero-order valence-electron chi connectivity index (χ0n) is 15.6. The molecule has 4 N–H and O–H groups in total. The fourth-order valence-corrected chi connectivity index (χ4v) is 3.21. The Balaban J connectivity index is 1.90. The first-order chi connectivity index (χ1) is 13.1. The van der Waals surface area contributed by atoms with Gasteiger partial charge in [-0.1, -0.05) is 30.3 Å². The third kappa shape index (κ3) is 4.30. The Morgan fingerprint density at radius 1 is 1.15 bits per heavy atom. The molecular formula is C21H25N3O3. The highest BCUT2D eigenvalue weighted by atomic mass is 16.5. The van der Waals surface area contributed by atoms with Crippen molar-refractivity contribution in [1.82, 2.24) is 10.3 Å². The lowest BCUT2D eigenvalue weighted by Crippen LogP contribution is -2.44. The van der Waals surface area contributed by atoms with Crippen LogP contribution in [0, 0.1) is 0 Å². The zero-order chi connectivity index (χ0) is 19.2. The number of aromatic nitrogens is 1. The lowest BCUT2D eigenvalue weighted by atomic mass is 9.90. The van der Waals surface area contributed by atoms with Crippen molar-refractivity contribution in [2.24, 2.45) is 5.73 Å². The van der Waals surface area contributed by atoms with E-state index in [0.29, 0.717) is 6.54 Å². The number of nitrogens with one attached hydrogen (secondary N) is 2. The summed E-state index contributed by atoms with van der Waals surface area (Å²) in [6.07, 6.45) is 2.00. The lowest BCUT2D eigenvalue weighted by Gasteiger charge is -2.20. The number of carbonyl (C=O) groups is 1. The van der Waals surface area contributed by atoms with E-state index in [1.165, 1.54) is 7.11 Å². The van der Waals surface area contributed by atoms with Gasteiger partial charge in [-0.25, -0.2) is 0 Å². The van der Waals surface area contributed by atoms with Crippen molar-refractivity contribution in [3.05, 3.63) is 65.9 Å². The highest BCUT2D eigenvalue weighted by Gasteiger charge is 2.21. The molecule has 142 valence electrons. The number of nitrogens with two attached hydrogens (primary N) is 1. The second kappa shape index (κ2) is 8.70. The molecule has 2 aromatic carbocycles. The molecule has 27 heavy (non-hydrogen) atoms. The van der Waals surface area contributed by atoms with Crippen LogP contribution in [0.4, 0.5) is 0 Å². The van der Waals surface area contributed by atoms with E-state index in [0.717, 1.165) is 27.8 Å². The van der Waals surface area contributed by atoms with Gasteiger partial charge in [0.2, 0.25) is 5.91 Å². The molecule has 0 saturated heterocycles. The van der Waals surface area contributed by atoms with Crippen LogP contribution in [-0.4, -0.2) is 44.3 Å². The predicted octanol–water partition coefficient (Wildman–Crippen LogP) is 2.40. The summed E-state index contributed by atoms with van der Waals surface area (Å²) in [5.41, 5.74) is 9.11. The van der Waals surface area contributed by atoms with Gasteiger partial charge < -0.3 is 25.5 Å². The molecule has 2 atom stereocenters. The largest absolute Gasteiger partial charge is 0.497 e. The second-order valence-electron chi connectivity index (χ2n) is 6.42. The molecule has 1 heterocycles. The van der Waals surface area contributed by atoms with Crippen LogP contribution in [0.25, 0.3) is 10.9 Å². The number of ether oxygens (including phenoxy) is 2. The van der Waals surface area contributed by atoms with Crippen molar-refractivity contribution in [3.8, 4) is 5.75 Å². The van der Waals surface area contributed by atoms with Gasteiger partial charge >= 0.3 is 0 Å². The van der Waals surface area contributed by atoms with Crippen LogP contribution in [-0.2, 0) is 9.53 Å². The molecule has 0 aliphatic carbocycles. The van der Waals surface area contributed by atoms with Crippen molar-refractivity contribution in [2.75, 3.05) is 27.4 Å². The summed E-state index contributed by atoms with van der Waals surface area (Å²) in [4.78, 5) is 15.6. The maximum Gasteiger partial charge on any atom is 0.239 e. The van der Waals surface area contributed by atoms with Crippen LogP contribution < -0.4 is 15.8 Å². The summed E-state index contributed by atoms with van der Waals surface area (Å²) in [7, 11) is 3.17. The molecule has 0 spiro atoms. The van der Waals surface area contributed by atoms with Gasteiger partial charge in [0, 0.05) is 36.7 Å². The molecule has 3 aromatic rings. The number of methoxy groups -OCH3 is 2. The highest BCUT2D eigenvalue weighted by Crippen LogP contribution is 2.31. The molecule has 0 aliphatic rings. The number of benzene rings is 2. The fraction of sp³-hybridized carbons (Fsp3) is 0.286. The molecule has 0 bridgehead atoms. The molecule has 2 unspecified atom stereocenters. The molecule has 1 amide bonds. The Hall–Kier alpha value is -2.83. The fourth-order valence-electron chi connectivity index (χ4n) is 3.21. The number of H-pyrrole nitrogens is 1. The molecular weight excluding hydrogens is 342 g/mol. The van der Waals surface area contributed by atoms with Gasteiger partial charge in [0.25, 0.3) is 0 Å². The van der Waals surface area contributed by atoms with E-state index < -0.39 is 6.04 Å². The number of hydrogen-bond acceptors (Lipinski definition) is 4. The SMILES string of the molecule is COCC(N)C(=O)NCC(c1ccc(OC)cc1)c1c[nH]c2ccccc12. The van der Waals surface area contributed by atoms with Crippen molar-refractivity contribution >= 4 is 16.8 Å². The minimum atomic E-state index is -0.686. The molecule has 3 rings (SSSR count). The van der Waals surface area contributed by atoms with E-state index in [9.17, 15) is 4.79 Å². The maximum absolute atomic E-state index is 12.3. The van der Waals surface area contributed by atoms with Gasteiger partial charge in [-0.2, -0.15) is 0 Å². The number of aromatic amines is 1. The molecule has 6 nitrogen and oxygen atoms in total. The number of carbonyl (C=O) groups excluding carboxylic acids is 1. The Morgan fingerprint density at radius 3 is 2.59 bits per heavy atom. The Bertz CT molecular complexity index is 889. The van der Waals surface area contributed by atoms with Crippen molar-refractivity contribution in [2.45, 2.75) is 12.0 Å². The molecule has 0 radical (unpaired) electrons. The van der Waals surface area contributed by atoms with Gasteiger partial charge in [-0.3, -0.25) is 4.79 Å². The van der Waals surface area contributed by atoms with E-state index in [-0.39, 0.29) is 18.4 Å². The van der Waals surface area contributed by atoms with Gasteiger partial charge in [0.1, 0.15) is 11.8 Å². The average molecular weight is 367 g/mol. The van der Waals surface area contributed by atoms with Gasteiger partial charge in [0.15, 0.2) is 0 Å². The molecule has 1 aromatic heterocycles. The Labute approximate surface area is 158 Å². The normalized spacial score (nSPS) is 13.3. The van der Waals surface area contributed by atoms with Crippen LogP contribution in [0.3, 0.4) is 0 Å². The quantitative estimate of drug-likeness (QED) is 0.570. The van der Waals surface area contributed by atoms with E-state index in [4.69, 9.17) is 15.2 Å². The summed E-state index contributed by atoms with van der Waals surface area (Å²) >= 11 is 0. The maximum atomic E-state index is 12.3. The average Bonchev–Trinajstić information content (AvgIpc) is 3.12. The summed E-state index contributed by atoms with van der Waals surface area (Å²) in [6.45, 7) is 0.622. The predicted molar refractivity (Wildman–Crippen MR) is 106 cm³/mol. The van der Waals surface area contributed by atoms with E-state index >= 15 is 0 Å². The number of fused-ring (bicyclic) bond motifs is 1. The lowest BCUT2D eigenvalue weighted by molar-refractivity contribution is -0.123. The number of amides is 1. The smallest absolute Gasteiger partial charge is 0.239 e.